The zero-order valence-electron chi connectivity index (χ0n) is 17.3. The minimum atomic E-state index is -0.583. The second-order valence-corrected chi connectivity index (χ2v) is 7.79. The van der Waals surface area contributed by atoms with Crippen molar-refractivity contribution in [1.82, 2.24) is 10.1 Å². The molecular formula is C22H23N4O3S+. The van der Waals surface area contributed by atoms with Gasteiger partial charge in [0, 0.05) is 17.1 Å². The Bertz CT molecular complexity index is 1190. The average molecular weight is 424 g/mol. The monoisotopic (exact) mass is 423 g/mol. The Balaban J connectivity index is 2.07. The van der Waals surface area contributed by atoms with Gasteiger partial charge < -0.3 is 4.74 Å². The van der Waals surface area contributed by atoms with Crippen LogP contribution >= 0.6 is 11.8 Å². The Morgan fingerprint density at radius 3 is 2.73 bits per heavy atom. The smallest absolute Gasteiger partial charge is 0.325 e. The molecule has 0 saturated carbocycles. The van der Waals surface area contributed by atoms with Gasteiger partial charge in [0.1, 0.15) is 5.75 Å². The van der Waals surface area contributed by atoms with Crippen molar-refractivity contribution in [3.05, 3.63) is 63.9 Å². The lowest BCUT2D eigenvalue weighted by molar-refractivity contribution is -0.763. The summed E-state index contributed by atoms with van der Waals surface area (Å²) in [4.78, 5) is 30.8. The number of methoxy groups -OCH3 is 1. The summed E-state index contributed by atoms with van der Waals surface area (Å²) in [5.41, 5.74) is 3.37. The molecule has 0 bridgehead atoms. The molecule has 3 aromatic rings. The maximum Gasteiger partial charge on any atom is 0.325 e. The summed E-state index contributed by atoms with van der Waals surface area (Å²) in [5, 5.41) is 5.18. The van der Waals surface area contributed by atoms with E-state index in [0.29, 0.717) is 28.5 Å². The lowest BCUT2D eigenvalue weighted by Crippen LogP contribution is -2.60. The number of ether oxygens (including phenoxy) is 1. The first-order valence-corrected chi connectivity index (χ1v) is 10.9. The summed E-state index contributed by atoms with van der Waals surface area (Å²) in [6.07, 6.45) is 1.60. The van der Waals surface area contributed by atoms with Crippen molar-refractivity contribution in [2.45, 2.75) is 31.6 Å². The van der Waals surface area contributed by atoms with Crippen LogP contribution in [0.2, 0.25) is 0 Å². The first-order valence-electron chi connectivity index (χ1n) is 9.66. The van der Waals surface area contributed by atoms with Gasteiger partial charge in [-0.25, -0.2) is 4.90 Å². The van der Waals surface area contributed by atoms with Gasteiger partial charge in [-0.3, -0.25) is 14.6 Å². The highest BCUT2D eigenvalue weighted by molar-refractivity contribution is 7.98. The summed E-state index contributed by atoms with van der Waals surface area (Å²) >= 11 is 1.35. The summed E-state index contributed by atoms with van der Waals surface area (Å²) in [6, 6.07) is 13.2. The van der Waals surface area contributed by atoms with E-state index in [-0.39, 0.29) is 11.5 Å². The minimum absolute atomic E-state index is 0.0492. The third kappa shape index (κ3) is 3.17. The number of rotatable bonds is 4. The van der Waals surface area contributed by atoms with Crippen LogP contribution in [0, 0.1) is 6.92 Å². The molecule has 1 aliphatic heterocycles. The molecule has 0 saturated heterocycles. The van der Waals surface area contributed by atoms with Crippen molar-refractivity contribution >= 4 is 23.4 Å². The van der Waals surface area contributed by atoms with Crippen molar-refractivity contribution < 1.29 is 14.2 Å². The molecular weight excluding hydrogens is 400 g/mol. The normalized spacial score (nSPS) is 14.8. The van der Waals surface area contributed by atoms with Crippen LogP contribution in [0.5, 0.6) is 5.75 Å². The molecule has 7 nitrogen and oxygen atoms in total. The molecule has 1 aromatic heterocycles. The van der Waals surface area contributed by atoms with Gasteiger partial charge in [0.15, 0.2) is 0 Å². The number of aryl methyl sites for hydroxylation is 1. The topological polar surface area (TPSA) is 79.2 Å². The van der Waals surface area contributed by atoms with E-state index in [0.717, 1.165) is 16.9 Å². The van der Waals surface area contributed by atoms with Gasteiger partial charge in [0.2, 0.25) is 11.1 Å². The first kappa shape index (κ1) is 20.2. The van der Waals surface area contributed by atoms with E-state index in [4.69, 9.17) is 4.74 Å². The molecule has 154 valence electrons. The molecule has 0 aliphatic carbocycles. The van der Waals surface area contributed by atoms with Gasteiger partial charge in [-0.05, 0) is 53.8 Å². The van der Waals surface area contributed by atoms with Gasteiger partial charge in [0.25, 0.3) is 6.17 Å². The second-order valence-electron chi connectivity index (χ2n) is 6.99. The molecule has 1 amide bonds. The number of benzene rings is 2. The molecule has 2 heterocycles. The van der Waals surface area contributed by atoms with Crippen LogP contribution in [0.3, 0.4) is 0 Å². The largest absolute Gasteiger partial charge is 0.496 e. The van der Waals surface area contributed by atoms with E-state index in [2.05, 4.69) is 10.1 Å². The molecule has 1 N–H and O–H groups in total. The Kier molecular flexibility index (Phi) is 5.34. The number of carbonyl (C=O) groups excluding carboxylic acids is 1. The minimum Gasteiger partial charge on any atom is -0.496 e. The quantitative estimate of drug-likeness (QED) is 0.515. The van der Waals surface area contributed by atoms with Crippen molar-refractivity contribution in [1.29, 1.82) is 0 Å². The zero-order chi connectivity index (χ0) is 21.4. The molecule has 30 heavy (non-hydrogen) atoms. The van der Waals surface area contributed by atoms with E-state index in [1.165, 1.54) is 11.8 Å². The number of hydrogen-bond acceptors (Lipinski definition) is 5. The van der Waals surface area contributed by atoms with E-state index in [1.54, 1.807) is 16.7 Å². The number of nitrogens with zero attached hydrogens (tertiary/aromatic N) is 3. The maximum atomic E-state index is 13.1. The van der Waals surface area contributed by atoms with Crippen LogP contribution in [0.25, 0.3) is 11.3 Å². The number of nitrogens with one attached hydrogen (secondary N) is 1. The van der Waals surface area contributed by atoms with Crippen LogP contribution in [-0.4, -0.2) is 29.4 Å². The Morgan fingerprint density at radius 2 is 2.07 bits per heavy atom. The number of para-hydroxylation sites is 1. The van der Waals surface area contributed by atoms with Gasteiger partial charge in [-0.1, -0.05) is 30.8 Å². The number of H-pyrrole nitrogens is 1. The number of fused-ring (bicyclic) bond motifs is 3. The third-order valence-electron chi connectivity index (χ3n) is 5.24. The molecule has 0 unspecified atom stereocenters. The van der Waals surface area contributed by atoms with E-state index in [1.807, 2.05) is 62.6 Å². The lowest BCUT2D eigenvalue weighted by atomic mass is 10.00. The zero-order valence-corrected chi connectivity index (χ0v) is 18.1. The van der Waals surface area contributed by atoms with Gasteiger partial charge >= 0.3 is 11.3 Å². The number of hydrogen-bond donors (Lipinski definition) is 1. The van der Waals surface area contributed by atoms with E-state index in [9.17, 15) is 9.59 Å². The van der Waals surface area contributed by atoms with Crippen LogP contribution in [0.15, 0.2) is 52.4 Å². The van der Waals surface area contributed by atoms with E-state index < -0.39 is 6.17 Å². The van der Waals surface area contributed by atoms with E-state index >= 15 is 0 Å². The number of thioether (sulfide) groups is 1. The fourth-order valence-corrected chi connectivity index (χ4v) is 4.23. The number of aromatic nitrogens is 3. The van der Waals surface area contributed by atoms with Crippen LogP contribution in [-0.2, 0) is 4.79 Å². The maximum absolute atomic E-state index is 13.1. The van der Waals surface area contributed by atoms with Gasteiger partial charge in [0.05, 0.1) is 18.4 Å². The third-order valence-corrected chi connectivity index (χ3v) is 5.81. The molecule has 0 spiro atoms. The molecule has 1 atom stereocenters. The first-order chi connectivity index (χ1) is 14.5. The summed E-state index contributed by atoms with van der Waals surface area (Å²) in [6.45, 7) is 3.79. The van der Waals surface area contributed by atoms with Crippen LogP contribution < -0.4 is 19.9 Å². The molecule has 2 aromatic carbocycles. The molecule has 0 radical (unpaired) electrons. The predicted octanol–water partition coefficient (Wildman–Crippen LogP) is 3.07. The highest BCUT2D eigenvalue weighted by Crippen LogP contribution is 2.38. The summed E-state index contributed by atoms with van der Waals surface area (Å²) < 4.78 is 7.07. The predicted molar refractivity (Wildman–Crippen MR) is 116 cm³/mol. The van der Waals surface area contributed by atoms with Crippen molar-refractivity contribution in [3.8, 4) is 17.0 Å². The molecule has 8 heteroatoms. The second kappa shape index (κ2) is 7.95. The van der Waals surface area contributed by atoms with Crippen LogP contribution in [0.4, 0.5) is 5.69 Å². The SMILES string of the molecule is CCC(=O)N1c2ccccc2-c2c(=O)[nH]c(SC)n[n+]2[C@H]1c1ccc(OC)c(C)c1. The number of anilines is 1. The highest BCUT2D eigenvalue weighted by atomic mass is 32.2. The van der Waals surface area contributed by atoms with Gasteiger partial charge in [-0.15, -0.1) is 0 Å². The van der Waals surface area contributed by atoms with Crippen LogP contribution in [0.1, 0.15) is 30.6 Å². The Morgan fingerprint density at radius 1 is 1.30 bits per heavy atom. The van der Waals surface area contributed by atoms with Gasteiger partial charge in [-0.2, -0.15) is 0 Å². The average Bonchev–Trinajstić information content (AvgIpc) is 2.77. The lowest BCUT2D eigenvalue weighted by Gasteiger charge is -2.32. The standard InChI is InChI=1S/C22H22N4O3S/c1-5-18(27)25-16-9-7-6-8-15(16)19-20(28)23-22(30-4)24-26(19)21(25)14-10-11-17(29-3)13(2)12-14/h6-12,21H,5H2,1-4H3/p+1/t21-/m0/s1. The van der Waals surface area contributed by atoms with Crippen molar-refractivity contribution in [3.63, 3.8) is 0 Å². The number of carbonyl (C=O) groups is 1. The molecule has 1 aliphatic rings. The van der Waals surface area contributed by atoms with Crippen molar-refractivity contribution in [2.75, 3.05) is 18.3 Å². The number of aromatic amines is 1. The fourth-order valence-electron chi connectivity index (χ4n) is 3.87. The summed E-state index contributed by atoms with van der Waals surface area (Å²) in [7, 11) is 1.63. The Hall–Kier alpha value is -3.13. The molecule has 4 rings (SSSR count). The highest BCUT2D eigenvalue weighted by Gasteiger charge is 2.45. The number of amides is 1. The van der Waals surface area contributed by atoms with Crippen molar-refractivity contribution in [2.24, 2.45) is 0 Å². The fraction of sp³-hybridized carbons (Fsp3) is 0.273. The Labute approximate surface area is 178 Å². The summed E-state index contributed by atoms with van der Waals surface area (Å²) in [5.74, 6) is 0.712. The molecule has 0 fully saturated rings.